The van der Waals surface area contributed by atoms with Gasteiger partial charge in [0, 0.05) is 13.7 Å². The van der Waals surface area contributed by atoms with Gasteiger partial charge in [-0.2, -0.15) is 5.48 Å². The first-order chi connectivity index (χ1) is 7.65. The summed E-state index contributed by atoms with van der Waals surface area (Å²) >= 11 is 0. The minimum absolute atomic E-state index is 0.570. The average molecular weight is 223 g/mol. The van der Waals surface area contributed by atoms with E-state index in [-0.39, 0.29) is 0 Å². The average Bonchev–Trinajstić information content (AvgIpc) is 2.20. The second-order valence-corrected chi connectivity index (χ2v) is 4.04. The summed E-state index contributed by atoms with van der Waals surface area (Å²) in [7, 11) is 1.66. The third-order valence-electron chi connectivity index (χ3n) is 2.58. The van der Waals surface area contributed by atoms with E-state index in [1.807, 2.05) is 0 Å². The normalized spacial score (nSPS) is 10.8. The second kappa shape index (κ2) is 6.63. The lowest BCUT2D eigenvalue weighted by molar-refractivity contribution is 0.00332. The van der Waals surface area contributed by atoms with Crippen molar-refractivity contribution in [1.82, 2.24) is 5.48 Å². The van der Waals surface area contributed by atoms with Crippen LogP contribution in [-0.2, 0) is 16.1 Å². The van der Waals surface area contributed by atoms with Crippen molar-refractivity contribution >= 4 is 0 Å². The zero-order valence-electron chi connectivity index (χ0n) is 10.6. The molecule has 1 aromatic carbocycles. The number of ether oxygens (including phenoxy) is 1. The molecule has 0 aliphatic carbocycles. The van der Waals surface area contributed by atoms with Crippen molar-refractivity contribution in [3.8, 4) is 0 Å². The fourth-order valence-corrected chi connectivity index (χ4v) is 1.81. The van der Waals surface area contributed by atoms with Crippen molar-refractivity contribution < 1.29 is 9.57 Å². The van der Waals surface area contributed by atoms with E-state index in [9.17, 15) is 0 Å². The van der Waals surface area contributed by atoms with Gasteiger partial charge in [-0.05, 0) is 37.5 Å². The second-order valence-electron chi connectivity index (χ2n) is 4.04. The summed E-state index contributed by atoms with van der Waals surface area (Å²) in [6.07, 6.45) is 0. The van der Waals surface area contributed by atoms with Crippen LogP contribution in [0.1, 0.15) is 22.3 Å². The molecular formula is C13H21NO2. The maximum Gasteiger partial charge on any atom is 0.0916 e. The summed E-state index contributed by atoms with van der Waals surface area (Å²) < 4.78 is 4.89. The van der Waals surface area contributed by atoms with Crippen LogP contribution in [0.25, 0.3) is 0 Å². The van der Waals surface area contributed by atoms with Gasteiger partial charge in [-0.3, -0.25) is 4.84 Å². The number of rotatable bonds is 6. The first-order valence-corrected chi connectivity index (χ1v) is 5.55. The highest BCUT2D eigenvalue weighted by atomic mass is 16.7. The largest absolute Gasteiger partial charge is 0.382 e. The summed E-state index contributed by atoms with van der Waals surface area (Å²) in [5.41, 5.74) is 8.18. The number of nitrogens with one attached hydrogen (secondary N) is 1. The highest BCUT2D eigenvalue weighted by Crippen LogP contribution is 2.15. The Hall–Kier alpha value is -0.900. The van der Waals surface area contributed by atoms with E-state index in [0.29, 0.717) is 13.2 Å². The maximum atomic E-state index is 5.24. The van der Waals surface area contributed by atoms with E-state index in [2.05, 4.69) is 38.4 Å². The van der Waals surface area contributed by atoms with Gasteiger partial charge < -0.3 is 4.74 Å². The lowest BCUT2D eigenvalue weighted by Crippen LogP contribution is -2.18. The van der Waals surface area contributed by atoms with E-state index in [1.165, 1.54) is 22.3 Å². The van der Waals surface area contributed by atoms with E-state index < -0.39 is 0 Å². The van der Waals surface area contributed by atoms with E-state index in [1.54, 1.807) is 7.11 Å². The fraction of sp³-hybridized carbons (Fsp3) is 0.538. The Morgan fingerprint density at radius 3 is 2.25 bits per heavy atom. The molecule has 0 aliphatic rings. The number of hydrogen-bond acceptors (Lipinski definition) is 3. The first-order valence-electron chi connectivity index (χ1n) is 5.55. The summed E-state index contributed by atoms with van der Waals surface area (Å²) in [5, 5.41) is 0. The molecule has 16 heavy (non-hydrogen) atoms. The smallest absolute Gasteiger partial charge is 0.0916 e. The third kappa shape index (κ3) is 3.93. The molecule has 0 bridgehead atoms. The molecule has 1 N–H and O–H groups in total. The highest BCUT2D eigenvalue weighted by molar-refractivity contribution is 5.37. The van der Waals surface area contributed by atoms with Crippen molar-refractivity contribution in [2.24, 2.45) is 0 Å². The van der Waals surface area contributed by atoms with Crippen molar-refractivity contribution in [1.29, 1.82) is 0 Å². The summed E-state index contributed by atoms with van der Waals surface area (Å²) in [6, 6.07) is 4.39. The SMILES string of the molecule is COCCONCc1c(C)cc(C)cc1C. The van der Waals surface area contributed by atoms with Crippen molar-refractivity contribution in [3.05, 3.63) is 34.4 Å². The minimum Gasteiger partial charge on any atom is -0.382 e. The van der Waals surface area contributed by atoms with Crippen molar-refractivity contribution in [3.63, 3.8) is 0 Å². The molecule has 0 saturated heterocycles. The molecule has 3 nitrogen and oxygen atoms in total. The number of benzene rings is 1. The molecule has 0 saturated carbocycles. The Labute approximate surface area is 97.7 Å². The quantitative estimate of drug-likeness (QED) is 0.593. The van der Waals surface area contributed by atoms with Crippen LogP contribution in [0.3, 0.4) is 0 Å². The molecule has 1 rings (SSSR count). The zero-order valence-corrected chi connectivity index (χ0v) is 10.6. The van der Waals surface area contributed by atoms with Gasteiger partial charge in [0.1, 0.15) is 0 Å². The molecule has 1 aromatic rings. The Morgan fingerprint density at radius 2 is 1.69 bits per heavy atom. The summed E-state index contributed by atoms with van der Waals surface area (Å²) in [6.45, 7) is 8.30. The van der Waals surface area contributed by atoms with Gasteiger partial charge in [-0.25, -0.2) is 0 Å². The topological polar surface area (TPSA) is 30.5 Å². The van der Waals surface area contributed by atoms with E-state index in [0.717, 1.165) is 6.54 Å². The predicted molar refractivity (Wildman–Crippen MR) is 65.3 cm³/mol. The van der Waals surface area contributed by atoms with Crippen LogP contribution in [0, 0.1) is 20.8 Å². The van der Waals surface area contributed by atoms with Crippen molar-refractivity contribution in [2.75, 3.05) is 20.3 Å². The monoisotopic (exact) mass is 223 g/mol. The van der Waals surface area contributed by atoms with Gasteiger partial charge in [-0.15, -0.1) is 0 Å². The van der Waals surface area contributed by atoms with E-state index in [4.69, 9.17) is 9.57 Å². The minimum atomic E-state index is 0.570. The van der Waals surface area contributed by atoms with Gasteiger partial charge in [0.05, 0.1) is 13.2 Å². The molecule has 0 fully saturated rings. The van der Waals surface area contributed by atoms with Gasteiger partial charge in [0.25, 0.3) is 0 Å². The number of aryl methyl sites for hydroxylation is 3. The van der Waals surface area contributed by atoms with Crippen LogP contribution in [0.2, 0.25) is 0 Å². The van der Waals surface area contributed by atoms with Gasteiger partial charge >= 0.3 is 0 Å². The first kappa shape index (κ1) is 13.2. The summed E-state index contributed by atoms with van der Waals surface area (Å²) in [5.74, 6) is 0. The Kier molecular flexibility index (Phi) is 5.46. The van der Waals surface area contributed by atoms with Crippen LogP contribution in [0.4, 0.5) is 0 Å². The Morgan fingerprint density at radius 1 is 1.06 bits per heavy atom. The molecule has 0 aromatic heterocycles. The molecule has 0 amide bonds. The molecule has 0 radical (unpaired) electrons. The lowest BCUT2D eigenvalue weighted by atomic mass is 10.0. The highest BCUT2D eigenvalue weighted by Gasteiger charge is 2.03. The molecule has 90 valence electrons. The van der Waals surface area contributed by atoms with Crippen molar-refractivity contribution in [2.45, 2.75) is 27.3 Å². The number of methoxy groups -OCH3 is 1. The van der Waals surface area contributed by atoms with Gasteiger partial charge in [0.15, 0.2) is 0 Å². The lowest BCUT2D eigenvalue weighted by Gasteiger charge is -2.12. The van der Waals surface area contributed by atoms with Gasteiger partial charge in [-0.1, -0.05) is 17.7 Å². The molecule has 0 spiro atoms. The Bertz CT molecular complexity index is 314. The van der Waals surface area contributed by atoms with E-state index >= 15 is 0 Å². The van der Waals surface area contributed by atoms with Gasteiger partial charge in [0.2, 0.25) is 0 Å². The van der Waals surface area contributed by atoms with Crippen LogP contribution < -0.4 is 5.48 Å². The molecule has 0 aliphatic heterocycles. The van der Waals surface area contributed by atoms with Crippen LogP contribution in [0.15, 0.2) is 12.1 Å². The standard InChI is InChI=1S/C13H21NO2/c1-10-7-11(2)13(12(3)8-10)9-14-16-6-5-15-4/h7-8,14H,5-6,9H2,1-4H3. The number of hydroxylamine groups is 1. The van der Waals surface area contributed by atoms with Crippen LogP contribution in [0.5, 0.6) is 0 Å². The third-order valence-corrected chi connectivity index (χ3v) is 2.58. The summed E-state index contributed by atoms with van der Waals surface area (Å²) in [4.78, 5) is 5.24. The molecule has 0 unspecified atom stereocenters. The molecule has 0 atom stereocenters. The molecule has 0 heterocycles. The zero-order chi connectivity index (χ0) is 12.0. The Balaban J connectivity index is 2.47. The molecule has 3 heteroatoms. The number of hydrogen-bond donors (Lipinski definition) is 1. The van der Waals surface area contributed by atoms with Crippen LogP contribution >= 0.6 is 0 Å². The molecular weight excluding hydrogens is 202 g/mol. The maximum absolute atomic E-state index is 5.24. The fourth-order valence-electron chi connectivity index (χ4n) is 1.81. The van der Waals surface area contributed by atoms with Crippen LogP contribution in [-0.4, -0.2) is 20.3 Å². The predicted octanol–water partition coefficient (Wildman–Crippen LogP) is 2.28.